The predicted molar refractivity (Wildman–Crippen MR) is 54.4 cm³/mol. The molecule has 0 radical (unpaired) electrons. The molecule has 0 aliphatic carbocycles. The van der Waals surface area contributed by atoms with E-state index in [-0.39, 0.29) is 15.0 Å². The van der Waals surface area contributed by atoms with Crippen molar-refractivity contribution in [3.05, 3.63) is 20.5 Å². The van der Waals surface area contributed by atoms with Gasteiger partial charge in [0, 0.05) is 0 Å². The smallest absolute Gasteiger partial charge is 0.274 e. The van der Waals surface area contributed by atoms with Gasteiger partial charge in [-0.05, 0) is 0 Å². The van der Waals surface area contributed by atoms with Crippen molar-refractivity contribution in [1.29, 1.82) is 0 Å². The SMILES string of the molecule is CS(=O)(=O)Nc1cc([N+](=O)[O-])c(Cl)s1. The second-order valence-corrected chi connectivity index (χ2v) is 5.80. The van der Waals surface area contributed by atoms with Crippen LogP contribution in [0.3, 0.4) is 0 Å². The average molecular weight is 257 g/mol. The van der Waals surface area contributed by atoms with Gasteiger partial charge in [0.1, 0.15) is 5.00 Å². The molecule has 6 nitrogen and oxygen atoms in total. The largest absolute Gasteiger partial charge is 0.300 e. The highest BCUT2D eigenvalue weighted by atomic mass is 35.5. The topological polar surface area (TPSA) is 89.3 Å². The van der Waals surface area contributed by atoms with Gasteiger partial charge in [0.05, 0.1) is 17.2 Å². The third-order valence-electron chi connectivity index (χ3n) is 1.15. The van der Waals surface area contributed by atoms with E-state index in [9.17, 15) is 18.5 Å². The lowest BCUT2D eigenvalue weighted by atomic mass is 10.5. The second kappa shape index (κ2) is 3.71. The Balaban J connectivity index is 3.04. The molecule has 0 aromatic carbocycles. The van der Waals surface area contributed by atoms with Crippen LogP contribution in [0, 0.1) is 10.1 Å². The molecule has 0 aliphatic rings. The van der Waals surface area contributed by atoms with Crippen molar-refractivity contribution in [1.82, 2.24) is 0 Å². The van der Waals surface area contributed by atoms with E-state index in [0.717, 1.165) is 23.7 Å². The van der Waals surface area contributed by atoms with E-state index in [2.05, 4.69) is 4.72 Å². The van der Waals surface area contributed by atoms with E-state index < -0.39 is 14.9 Å². The number of halogens is 1. The Morgan fingerprint density at radius 3 is 2.57 bits per heavy atom. The molecule has 9 heteroatoms. The van der Waals surface area contributed by atoms with E-state index in [0.29, 0.717) is 0 Å². The summed E-state index contributed by atoms with van der Waals surface area (Å²) in [5.41, 5.74) is -0.303. The maximum absolute atomic E-state index is 10.8. The van der Waals surface area contributed by atoms with Gasteiger partial charge in [0.25, 0.3) is 0 Å². The highest BCUT2D eigenvalue weighted by Gasteiger charge is 2.18. The summed E-state index contributed by atoms with van der Waals surface area (Å²) in [5, 5.41) is 10.5. The van der Waals surface area contributed by atoms with E-state index in [1.54, 1.807) is 0 Å². The lowest BCUT2D eigenvalue weighted by Crippen LogP contribution is -2.07. The van der Waals surface area contributed by atoms with E-state index >= 15 is 0 Å². The normalized spacial score (nSPS) is 11.3. The number of rotatable bonds is 3. The summed E-state index contributed by atoms with van der Waals surface area (Å²) in [5.74, 6) is 0. The standard InChI is InChI=1S/C5H5ClN2O4S2/c1-14(11,12)7-4-2-3(8(9)10)5(6)13-4/h2,7H,1H3. The Morgan fingerprint density at radius 2 is 2.21 bits per heavy atom. The molecule has 0 aliphatic heterocycles. The number of thiophene rings is 1. The van der Waals surface area contributed by atoms with Gasteiger partial charge in [0.2, 0.25) is 10.0 Å². The van der Waals surface area contributed by atoms with Gasteiger partial charge in [-0.2, -0.15) is 0 Å². The summed E-state index contributed by atoms with van der Waals surface area (Å²) in [6, 6.07) is 1.08. The van der Waals surface area contributed by atoms with Gasteiger partial charge in [-0.25, -0.2) is 8.42 Å². The lowest BCUT2D eigenvalue weighted by molar-refractivity contribution is -0.384. The van der Waals surface area contributed by atoms with Crippen LogP contribution in [0.2, 0.25) is 4.34 Å². The summed E-state index contributed by atoms with van der Waals surface area (Å²) < 4.78 is 23.6. The maximum Gasteiger partial charge on any atom is 0.300 e. The molecule has 0 saturated heterocycles. The average Bonchev–Trinajstić information content (AvgIpc) is 2.26. The number of hydrogen-bond donors (Lipinski definition) is 1. The minimum Gasteiger partial charge on any atom is -0.274 e. The van der Waals surface area contributed by atoms with Gasteiger partial charge in [-0.3, -0.25) is 14.8 Å². The molecular weight excluding hydrogens is 252 g/mol. The zero-order valence-electron chi connectivity index (χ0n) is 6.85. The van der Waals surface area contributed by atoms with E-state index in [4.69, 9.17) is 11.6 Å². The Bertz CT molecular complexity index is 466. The number of nitrogens with one attached hydrogen (secondary N) is 1. The maximum atomic E-state index is 10.8. The van der Waals surface area contributed by atoms with Crippen LogP contribution in [-0.2, 0) is 10.0 Å². The van der Waals surface area contributed by atoms with Gasteiger partial charge in [-0.15, -0.1) is 0 Å². The molecule has 0 saturated carbocycles. The lowest BCUT2D eigenvalue weighted by Gasteiger charge is -1.96. The number of sulfonamides is 1. The van der Waals surface area contributed by atoms with Gasteiger partial charge in [-0.1, -0.05) is 22.9 Å². The van der Waals surface area contributed by atoms with E-state index in [1.807, 2.05) is 0 Å². The van der Waals surface area contributed by atoms with Crippen molar-refractivity contribution in [3.8, 4) is 0 Å². The van der Waals surface area contributed by atoms with Crippen LogP contribution in [0.5, 0.6) is 0 Å². The minimum atomic E-state index is -3.43. The van der Waals surface area contributed by atoms with Crippen LogP contribution in [0.15, 0.2) is 6.07 Å². The molecule has 0 bridgehead atoms. The van der Waals surface area contributed by atoms with E-state index in [1.165, 1.54) is 0 Å². The Morgan fingerprint density at radius 1 is 1.64 bits per heavy atom. The van der Waals surface area contributed by atoms with Crippen molar-refractivity contribution in [2.24, 2.45) is 0 Å². The quantitative estimate of drug-likeness (QED) is 0.658. The molecule has 1 aromatic rings. The number of anilines is 1. The Labute approximate surface area is 88.7 Å². The van der Waals surface area contributed by atoms with Crippen LogP contribution in [-0.4, -0.2) is 19.6 Å². The fraction of sp³-hybridized carbons (Fsp3) is 0.200. The molecule has 0 spiro atoms. The fourth-order valence-corrected chi connectivity index (χ4v) is 2.74. The van der Waals surface area contributed by atoms with Crippen molar-refractivity contribution in [3.63, 3.8) is 0 Å². The molecule has 0 fully saturated rings. The number of nitro groups is 1. The first-order valence-corrected chi connectivity index (χ1v) is 6.29. The molecule has 1 aromatic heterocycles. The number of nitrogens with zero attached hydrogens (tertiary/aromatic N) is 1. The molecule has 78 valence electrons. The molecule has 1 heterocycles. The molecule has 0 amide bonds. The zero-order chi connectivity index (χ0) is 10.9. The predicted octanol–water partition coefficient (Wildman–Crippen LogP) is 1.68. The second-order valence-electron chi connectivity index (χ2n) is 2.40. The third kappa shape index (κ3) is 2.82. The summed E-state index contributed by atoms with van der Waals surface area (Å²) in [6.07, 6.45) is 0.951. The molecule has 1 rings (SSSR count). The molecule has 0 atom stereocenters. The molecule has 1 N–H and O–H groups in total. The first-order valence-electron chi connectivity index (χ1n) is 3.21. The molecular formula is C5H5ClN2O4S2. The first-order chi connectivity index (χ1) is 6.29. The molecule has 14 heavy (non-hydrogen) atoms. The monoisotopic (exact) mass is 256 g/mol. The van der Waals surface area contributed by atoms with Crippen LogP contribution in [0.1, 0.15) is 0 Å². The Hall–Kier alpha value is -0.860. The van der Waals surface area contributed by atoms with Crippen LogP contribution >= 0.6 is 22.9 Å². The summed E-state index contributed by atoms with van der Waals surface area (Å²) in [4.78, 5) is 9.68. The van der Waals surface area contributed by atoms with Gasteiger partial charge in [0.15, 0.2) is 4.34 Å². The van der Waals surface area contributed by atoms with Crippen molar-refractivity contribution < 1.29 is 13.3 Å². The molecule has 0 unspecified atom stereocenters. The zero-order valence-corrected chi connectivity index (χ0v) is 9.24. The van der Waals surface area contributed by atoms with Crippen LogP contribution < -0.4 is 4.72 Å². The highest BCUT2D eigenvalue weighted by molar-refractivity contribution is 7.92. The fourth-order valence-electron chi connectivity index (χ4n) is 0.717. The first kappa shape index (κ1) is 11.2. The van der Waals surface area contributed by atoms with Crippen LogP contribution in [0.4, 0.5) is 10.7 Å². The van der Waals surface area contributed by atoms with Crippen molar-refractivity contribution in [2.75, 3.05) is 11.0 Å². The summed E-state index contributed by atoms with van der Waals surface area (Å²) in [6.45, 7) is 0. The third-order valence-corrected chi connectivity index (χ3v) is 3.12. The summed E-state index contributed by atoms with van der Waals surface area (Å²) >= 11 is 6.31. The highest BCUT2D eigenvalue weighted by Crippen LogP contribution is 2.37. The van der Waals surface area contributed by atoms with Crippen molar-refractivity contribution in [2.45, 2.75) is 0 Å². The van der Waals surface area contributed by atoms with Gasteiger partial charge < -0.3 is 0 Å². The number of hydrogen-bond acceptors (Lipinski definition) is 5. The summed E-state index contributed by atoms with van der Waals surface area (Å²) in [7, 11) is -3.43. The van der Waals surface area contributed by atoms with Crippen LogP contribution in [0.25, 0.3) is 0 Å². The van der Waals surface area contributed by atoms with Gasteiger partial charge >= 0.3 is 5.69 Å². The minimum absolute atomic E-state index is 0.0545. The van der Waals surface area contributed by atoms with Crippen molar-refractivity contribution >= 4 is 43.6 Å². The Kier molecular flexibility index (Phi) is 2.98.